The Bertz CT molecular complexity index is 1070. The monoisotopic (exact) mass is 402 g/mol. The van der Waals surface area contributed by atoms with E-state index in [9.17, 15) is 10.2 Å². The van der Waals surface area contributed by atoms with Gasteiger partial charge in [0.2, 0.25) is 0 Å². The van der Waals surface area contributed by atoms with Crippen LogP contribution in [0, 0.1) is 0 Å². The van der Waals surface area contributed by atoms with Gasteiger partial charge in [-0.1, -0.05) is 66.7 Å². The van der Waals surface area contributed by atoms with Crippen LogP contribution in [0.15, 0.2) is 78.9 Å². The van der Waals surface area contributed by atoms with Crippen molar-refractivity contribution in [3.8, 4) is 0 Å². The summed E-state index contributed by atoms with van der Waals surface area (Å²) < 4.78 is 1.90. The number of aliphatic hydroxyl groups is 3. The van der Waals surface area contributed by atoms with E-state index in [1.54, 1.807) is 0 Å². The second-order valence-electron chi connectivity index (χ2n) is 7.40. The van der Waals surface area contributed by atoms with Gasteiger partial charge in [0.15, 0.2) is 11.4 Å². The van der Waals surface area contributed by atoms with Crippen LogP contribution >= 0.6 is 0 Å². The van der Waals surface area contributed by atoms with Crippen molar-refractivity contribution in [1.82, 2.24) is 9.55 Å². The van der Waals surface area contributed by atoms with E-state index in [1.807, 2.05) is 83.4 Å². The average molecular weight is 402 g/mol. The number of rotatable bonds is 8. The third kappa shape index (κ3) is 3.63. The number of aromatic nitrogens is 2. The van der Waals surface area contributed by atoms with E-state index in [0.29, 0.717) is 29.9 Å². The van der Waals surface area contributed by atoms with Crippen LogP contribution in [0.2, 0.25) is 0 Å². The molecule has 3 N–H and O–H groups in total. The van der Waals surface area contributed by atoms with Crippen molar-refractivity contribution in [2.45, 2.75) is 25.0 Å². The molecule has 5 nitrogen and oxygen atoms in total. The Balaban J connectivity index is 1.96. The second-order valence-corrected chi connectivity index (χ2v) is 7.40. The predicted molar refractivity (Wildman–Crippen MR) is 117 cm³/mol. The van der Waals surface area contributed by atoms with E-state index in [1.165, 1.54) is 0 Å². The highest BCUT2D eigenvalue weighted by molar-refractivity contribution is 5.77. The predicted octanol–water partition coefficient (Wildman–Crippen LogP) is 3.24. The topological polar surface area (TPSA) is 78.5 Å². The van der Waals surface area contributed by atoms with Crippen molar-refractivity contribution < 1.29 is 15.3 Å². The lowest BCUT2D eigenvalue weighted by atomic mass is 9.85. The van der Waals surface area contributed by atoms with E-state index in [0.717, 1.165) is 23.0 Å². The third-order valence-corrected chi connectivity index (χ3v) is 5.47. The molecule has 1 aromatic heterocycles. The van der Waals surface area contributed by atoms with Crippen LogP contribution < -0.4 is 0 Å². The summed E-state index contributed by atoms with van der Waals surface area (Å²) >= 11 is 0. The Morgan fingerprint density at radius 2 is 1.43 bits per heavy atom. The molecular formula is C25H26N2O3. The molecule has 0 aliphatic carbocycles. The molecule has 1 heterocycles. The highest BCUT2D eigenvalue weighted by Gasteiger charge is 2.38. The van der Waals surface area contributed by atoms with Gasteiger partial charge in [-0.2, -0.15) is 0 Å². The lowest BCUT2D eigenvalue weighted by Crippen LogP contribution is -2.33. The molecule has 0 amide bonds. The molecule has 3 aromatic carbocycles. The number of benzene rings is 3. The van der Waals surface area contributed by atoms with E-state index in [2.05, 4.69) is 0 Å². The van der Waals surface area contributed by atoms with Crippen molar-refractivity contribution in [3.05, 3.63) is 101 Å². The molecule has 0 fully saturated rings. The summed E-state index contributed by atoms with van der Waals surface area (Å²) in [6.45, 7) is 0.386. The van der Waals surface area contributed by atoms with Gasteiger partial charge in [-0.05, 0) is 41.7 Å². The zero-order valence-corrected chi connectivity index (χ0v) is 16.8. The van der Waals surface area contributed by atoms with Gasteiger partial charge in [0, 0.05) is 13.2 Å². The van der Waals surface area contributed by atoms with Gasteiger partial charge in [0.05, 0.1) is 17.6 Å². The lowest BCUT2D eigenvalue weighted by molar-refractivity contribution is 0.110. The fraction of sp³-hybridized carbons (Fsp3) is 0.240. The van der Waals surface area contributed by atoms with Gasteiger partial charge in [-0.25, -0.2) is 4.98 Å². The minimum Gasteiger partial charge on any atom is -0.396 e. The molecule has 0 atom stereocenters. The van der Waals surface area contributed by atoms with Crippen molar-refractivity contribution in [1.29, 1.82) is 0 Å². The zero-order chi connectivity index (χ0) is 21.0. The molecule has 4 aromatic rings. The Morgan fingerprint density at radius 1 is 0.800 bits per heavy atom. The number of nitrogens with zero attached hydrogens (tertiary/aromatic N) is 2. The SMILES string of the molecule is OCCCc1ccc2nc(C(O)(c3ccccc3)c3ccccc3)n(CCO)c2c1. The molecule has 0 aliphatic rings. The maximum Gasteiger partial charge on any atom is 0.173 e. The minimum absolute atomic E-state index is 0.0704. The van der Waals surface area contributed by atoms with Crippen molar-refractivity contribution in [3.63, 3.8) is 0 Å². The molecule has 4 rings (SSSR count). The summed E-state index contributed by atoms with van der Waals surface area (Å²) in [7, 11) is 0. The summed E-state index contributed by atoms with van der Waals surface area (Å²) in [6, 6.07) is 25.0. The number of hydrogen-bond donors (Lipinski definition) is 3. The molecule has 30 heavy (non-hydrogen) atoms. The molecule has 0 saturated carbocycles. The maximum absolute atomic E-state index is 12.1. The molecule has 0 saturated heterocycles. The Labute approximate surface area is 175 Å². The average Bonchev–Trinajstić information content (AvgIpc) is 3.17. The van der Waals surface area contributed by atoms with Gasteiger partial charge in [0.1, 0.15) is 0 Å². The highest BCUT2D eigenvalue weighted by Crippen LogP contribution is 2.37. The van der Waals surface area contributed by atoms with Gasteiger partial charge in [-0.3, -0.25) is 0 Å². The summed E-state index contributed by atoms with van der Waals surface area (Å²) in [4.78, 5) is 4.83. The zero-order valence-electron chi connectivity index (χ0n) is 16.8. The van der Waals surface area contributed by atoms with Crippen molar-refractivity contribution in [2.75, 3.05) is 13.2 Å². The first-order valence-electron chi connectivity index (χ1n) is 10.2. The van der Waals surface area contributed by atoms with Crippen LogP contribution in [0.25, 0.3) is 11.0 Å². The smallest absolute Gasteiger partial charge is 0.173 e. The molecular weight excluding hydrogens is 376 g/mol. The molecule has 154 valence electrons. The summed E-state index contributed by atoms with van der Waals surface area (Å²) in [5.41, 5.74) is 2.67. The Hall–Kier alpha value is -2.99. The molecule has 0 aliphatic heterocycles. The first-order chi connectivity index (χ1) is 14.7. The van der Waals surface area contributed by atoms with Gasteiger partial charge < -0.3 is 19.9 Å². The Kier molecular flexibility index (Phi) is 5.95. The quantitative estimate of drug-likeness (QED) is 0.423. The largest absolute Gasteiger partial charge is 0.396 e. The lowest BCUT2D eigenvalue weighted by Gasteiger charge is -2.29. The van der Waals surface area contributed by atoms with Crippen molar-refractivity contribution >= 4 is 11.0 Å². The van der Waals surface area contributed by atoms with Crippen LogP contribution in [0.5, 0.6) is 0 Å². The number of aliphatic hydroxyl groups excluding tert-OH is 2. The van der Waals surface area contributed by atoms with Crippen LogP contribution in [0.1, 0.15) is 28.9 Å². The molecule has 0 unspecified atom stereocenters. The van der Waals surface area contributed by atoms with E-state index >= 15 is 0 Å². The normalized spacial score (nSPS) is 11.8. The van der Waals surface area contributed by atoms with Crippen LogP contribution in [-0.4, -0.2) is 38.1 Å². The molecule has 0 spiro atoms. The standard InChI is InChI=1S/C25H26N2O3/c28-16-7-8-19-13-14-22-23(18-19)27(15-17-29)24(26-22)25(30,20-9-3-1-4-10-20)21-11-5-2-6-12-21/h1-6,9-14,18,28-30H,7-8,15-17H2. The fourth-order valence-electron chi connectivity index (χ4n) is 3.99. The molecule has 0 radical (unpaired) electrons. The van der Waals surface area contributed by atoms with Gasteiger partial charge in [0.25, 0.3) is 0 Å². The van der Waals surface area contributed by atoms with Crippen LogP contribution in [0.3, 0.4) is 0 Å². The second kappa shape index (κ2) is 8.79. The van der Waals surface area contributed by atoms with E-state index in [-0.39, 0.29) is 13.2 Å². The number of fused-ring (bicyclic) bond motifs is 1. The number of hydrogen-bond acceptors (Lipinski definition) is 4. The third-order valence-electron chi connectivity index (χ3n) is 5.47. The van der Waals surface area contributed by atoms with Crippen molar-refractivity contribution in [2.24, 2.45) is 0 Å². The van der Waals surface area contributed by atoms with E-state index in [4.69, 9.17) is 10.1 Å². The first kappa shape index (κ1) is 20.3. The Morgan fingerprint density at radius 3 is 2.00 bits per heavy atom. The summed E-state index contributed by atoms with van der Waals surface area (Å²) in [5.74, 6) is 0.475. The van der Waals surface area contributed by atoms with Gasteiger partial charge >= 0.3 is 0 Å². The summed E-state index contributed by atoms with van der Waals surface area (Å²) in [6.07, 6.45) is 1.44. The van der Waals surface area contributed by atoms with Gasteiger partial charge in [-0.15, -0.1) is 0 Å². The number of aryl methyl sites for hydroxylation is 1. The number of imidazole rings is 1. The molecule has 0 bridgehead atoms. The minimum atomic E-state index is -1.47. The summed E-state index contributed by atoms with van der Waals surface area (Å²) in [5, 5.41) is 31.1. The maximum atomic E-state index is 12.1. The first-order valence-corrected chi connectivity index (χ1v) is 10.2. The molecule has 5 heteroatoms. The van der Waals surface area contributed by atoms with Crippen LogP contribution in [0.4, 0.5) is 0 Å². The fourth-order valence-corrected chi connectivity index (χ4v) is 3.99. The van der Waals surface area contributed by atoms with Crippen LogP contribution in [-0.2, 0) is 18.6 Å². The van der Waals surface area contributed by atoms with E-state index < -0.39 is 5.60 Å². The highest BCUT2D eigenvalue weighted by atomic mass is 16.3.